The van der Waals surface area contributed by atoms with Crippen LogP contribution in [0.25, 0.3) is 5.95 Å². The Hall–Kier alpha value is -2.81. The number of nitrogens with zero attached hydrogens (tertiary/aromatic N) is 6. The van der Waals surface area contributed by atoms with E-state index in [9.17, 15) is 4.79 Å². The summed E-state index contributed by atoms with van der Waals surface area (Å²) in [6.07, 6.45) is 0. The van der Waals surface area contributed by atoms with Crippen molar-refractivity contribution in [1.82, 2.24) is 29.6 Å². The van der Waals surface area contributed by atoms with Crippen LogP contribution in [0.4, 0.5) is 0 Å². The molecule has 9 heteroatoms. The van der Waals surface area contributed by atoms with Crippen molar-refractivity contribution in [3.05, 3.63) is 52.8 Å². The van der Waals surface area contributed by atoms with Gasteiger partial charge in [0, 0.05) is 31.1 Å². The minimum atomic E-state index is -0.0135. The zero-order valence-corrected chi connectivity index (χ0v) is 16.0. The number of rotatable bonds is 5. The SMILES string of the molecule is Cc1cc(C)n(-c2nnc(SCc3ccc(C(=O)N(C)C)cc3)n2N)n1. The Bertz CT molecular complexity index is 927. The maximum absolute atomic E-state index is 11.9. The molecule has 1 aromatic carbocycles. The van der Waals surface area contributed by atoms with Gasteiger partial charge in [0.15, 0.2) is 0 Å². The Morgan fingerprint density at radius 3 is 2.46 bits per heavy atom. The first-order valence-corrected chi connectivity index (χ1v) is 9.03. The Balaban J connectivity index is 1.71. The zero-order valence-electron chi connectivity index (χ0n) is 15.2. The van der Waals surface area contributed by atoms with Crippen molar-refractivity contribution in [1.29, 1.82) is 0 Å². The number of amides is 1. The lowest BCUT2D eigenvalue weighted by Gasteiger charge is -2.10. The molecule has 3 aromatic rings. The third-order valence-corrected chi connectivity index (χ3v) is 4.83. The van der Waals surface area contributed by atoms with Gasteiger partial charge in [-0.1, -0.05) is 23.9 Å². The second-order valence-corrected chi connectivity index (χ2v) is 7.12. The van der Waals surface area contributed by atoms with Gasteiger partial charge >= 0.3 is 0 Å². The van der Waals surface area contributed by atoms with Gasteiger partial charge < -0.3 is 10.7 Å². The van der Waals surface area contributed by atoms with Crippen LogP contribution in [0.2, 0.25) is 0 Å². The molecule has 0 saturated heterocycles. The molecular weight excluding hydrogens is 350 g/mol. The summed E-state index contributed by atoms with van der Waals surface area (Å²) in [4.78, 5) is 13.5. The molecule has 0 atom stereocenters. The van der Waals surface area contributed by atoms with Crippen LogP contribution in [0.5, 0.6) is 0 Å². The molecule has 0 fully saturated rings. The first-order chi connectivity index (χ1) is 12.4. The van der Waals surface area contributed by atoms with E-state index < -0.39 is 0 Å². The molecule has 3 rings (SSSR count). The number of carbonyl (C=O) groups excluding carboxylic acids is 1. The second-order valence-electron chi connectivity index (χ2n) is 6.18. The standard InChI is InChI=1S/C17H21N7OS/c1-11-9-12(2)24(21-11)16-19-20-17(23(16)18)26-10-13-5-7-14(8-6-13)15(25)22(3)4/h5-9H,10,18H2,1-4H3. The van der Waals surface area contributed by atoms with Crippen molar-refractivity contribution in [2.24, 2.45) is 0 Å². The first-order valence-electron chi connectivity index (χ1n) is 8.04. The number of carbonyl (C=O) groups is 1. The molecule has 0 bridgehead atoms. The topological polar surface area (TPSA) is 94.9 Å². The number of hydrogen-bond donors (Lipinski definition) is 1. The fourth-order valence-corrected chi connectivity index (χ4v) is 3.30. The van der Waals surface area contributed by atoms with E-state index in [1.165, 1.54) is 16.4 Å². The van der Waals surface area contributed by atoms with Gasteiger partial charge in [0.1, 0.15) is 0 Å². The van der Waals surface area contributed by atoms with Crippen molar-refractivity contribution < 1.29 is 4.79 Å². The van der Waals surface area contributed by atoms with Crippen molar-refractivity contribution in [3.8, 4) is 5.95 Å². The van der Waals surface area contributed by atoms with Crippen LogP contribution in [0.15, 0.2) is 35.5 Å². The minimum absolute atomic E-state index is 0.0135. The highest BCUT2D eigenvalue weighted by Gasteiger charge is 2.15. The van der Waals surface area contributed by atoms with Gasteiger partial charge in [0.2, 0.25) is 5.16 Å². The lowest BCUT2D eigenvalue weighted by Crippen LogP contribution is -2.21. The molecule has 2 aromatic heterocycles. The summed E-state index contributed by atoms with van der Waals surface area (Å²) >= 11 is 1.48. The molecular formula is C17H21N7OS. The lowest BCUT2D eigenvalue weighted by atomic mass is 10.1. The fraction of sp³-hybridized carbons (Fsp3) is 0.294. The summed E-state index contributed by atoms with van der Waals surface area (Å²) < 4.78 is 3.11. The Kier molecular flexibility index (Phi) is 4.99. The molecule has 0 saturated carbocycles. The van der Waals surface area contributed by atoms with Gasteiger partial charge in [0.25, 0.3) is 11.9 Å². The van der Waals surface area contributed by atoms with E-state index in [4.69, 9.17) is 5.84 Å². The van der Waals surface area contributed by atoms with Crippen molar-refractivity contribution in [2.75, 3.05) is 19.9 Å². The predicted octanol–water partition coefficient (Wildman–Crippen LogP) is 1.79. The first kappa shape index (κ1) is 18.0. The molecule has 1 amide bonds. The van der Waals surface area contributed by atoms with E-state index >= 15 is 0 Å². The van der Waals surface area contributed by atoms with Gasteiger partial charge in [-0.3, -0.25) is 4.79 Å². The van der Waals surface area contributed by atoms with E-state index in [0.29, 0.717) is 22.4 Å². The van der Waals surface area contributed by atoms with E-state index in [2.05, 4.69) is 15.3 Å². The zero-order chi connectivity index (χ0) is 18.8. The van der Waals surface area contributed by atoms with Gasteiger partial charge in [-0.15, -0.1) is 10.2 Å². The summed E-state index contributed by atoms with van der Waals surface area (Å²) in [7, 11) is 3.47. The summed E-state index contributed by atoms with van der Waals surface area (Å²) in [6, 6.07) is 9.48. The Labute approximate surface area is 156 Å². The summed E-state index contributed by atoms with van der Waals surface area (Å²) in [5, 5.41) is 13.3. The number of hydrogen-bond acceptors (Lipinski definition) is 6. The third kappa shape index (κ3) is 3.57. The van der Waals surface area contributed by atoms with Crippen LogP contribution < -0.4 is 5.84 Å². The molecule has 2 heterocycles. The minimum Gasteiger partial charge on any atom is -0.345 e. The highest BCUT2D eigenvalue weighted by molar-refractivity contribution is 7.98. The highest BCUT2D eigenvalue weighted by Crippen LogP contribution is 2.22. The molecule has 136 valence electrons. The predicted molar refractivity (Wildman–Crippen MR) is 101 cm³/mol. The van der Waals surface area contributed by atoms with E-state index in [1.54, 1.807) is 23.7 Å². The average molecular weight is 371 g/mol. The van der Waals surface area contributed by atoms with Gasteiger partial charge in [0.05, 0.1) is 5.69 Å². The third-order valence-electron chi connectivity index (χ3n) is 3.82. The number of aromatic nitrogens is 5. The van der Waals surface area contributed by atoms with Gasteiger partial charge in [-0.2, -0.15) is 5.10 Å². The highest BCUT2D eigenvalue weighted by atomic mass is 32.2. The Morgan fingerprint density at radius 1 is 1.19 bits per heavy atom. The maximum atomic E-state index is 11.9. The molecule has 0 aliphatic heterocycles. The van der Waals surface area contributed by atoms with Gasteiger partial charge in [-0.25, -0.2) is 9.36 Å². The number of nitrogens with two attached hydrogens (primary N) is 1. The van der Waals surface area contributed by atoms with Crippen LogP contribution in [-0.4, -0.2) is 49.6 Å². The second kappa shape index (κ2) is 7.20. The van der Waals surface area contributed by atoms with Crippen LogP contribution in [0.1, 0.15) is 27.3 Å². The normalized spacial score (nSPS) is 10.9. The molecule has 0 aliphatic carbocycles. The Morgan fingerprint density at radius 2 is 1.88 bits per heavy atom. The van der Waals surface area contributed by atoms with Crippen molar-refractivity contribution >= 4 is 17.7 Å². The maximum Gasteiger partial charge on any atom is 0.271 e. The average Bonchev–Trinajstić information content (AvgIpc) is 3.14. The summed E-state index contributed by atoms with van der Waals surface area (Å²) in [6.45, 7) is 3.86. The number of thioether (sulfide) groups is 1. The molecule has 26 heavy (non-hydrogen) atoms. The monoisotopic (exact) mass is 371 g/mol. The molecule has 2 N–H and O–H groups in total. The molecule has 0 unspecified atom stereocenters. The summed E-state index contributed by atoms with van der Waals surface area (Å²) in [5.74, 6) is 7.27. The number of aryl methyl sites for hydroxylation is 2. The molecule has 8 nitrogen and oxygen atoms in total. The van der Waals surface area contributed by atoms with Crippen LogP contribution in [0.3, 0.4) is 0 Å². The fourth-order valence-electron chi connectivity index (χ4n) is 2.49. The van der Waals surface area contributed by atoms with E-state index in [0.717, 1.165) is 17.0 Å². The number of benzene rings is 1. The van der Waals surface area contributed by atoms with E-state index in [1.807, 2.05) is 44.2 Å². The van der Waals surface area contributed by atoms with Crippen molar-refractivity contribution in [2.45, 2.75) is 24.8 Å². The van der Waals surface area contributed by atoms with Crippen molar-refractivity contribution in [3.63, 3.8) is 0 Å². The van der Waals surface area contributed by atoms with Crippen LogP contribution in [-0.2, 0) is 5.75 Å². The quantitative estimate of drug-likeness (QED) is 0.543. The number of nitrogen functional groups attached to an aromatic ring is 1. The lowest BCUT2D eigenvalue weighted by molar-refractivity contribution is 0.0827. The van der Waals surface area contributed by atoms with E-state index in [-0.39, 0.29) is 5.91 Å². The largest absolute Gasteiger partial charge is 0.345 e. The molecule has 0 aliphatic rings. The smallest absolute Gasteiger partial charge is 0.271 e. The van der Waals surface area contributed by atoms with Crippen LogP contribution >= 0.6 is 11.8 Å². The van der Waals surface area contributed by atoms with Gasteiger partial charge in [-0.05, 0) is 37.6 Å². The van der Waals surface area contributed by atoms with Crippen LogP contribution in [0, 0.1) is 13.8 Å². The summed E-state index contributed by atoms with van der Waals surface area (Å²) in [5.41, 5.74) is 3.57. The molecule has 0 spiro atoms. The molecule has 0 radical (unpaired) electrons.